The van der Waals surface area contributed by atoms with Crippen molar-refractivity contribution in [3.8, 4) is 0 Å². The summed E-state index contributed by atoms with van der Waals surface area (Å²) in [5.41, 5.74) is 3.02. The Morgan fingerprint density at radius 3 is 2.80 bits per heavy atom. The number of hydrogen-bond donors (Lipinski definition) is 1. The third-order valence-corrected chi connectivity index (χ3v) is 3.11. The first-order chi connectivity index (χ1) is 9.60. The van der Waals surface area contributed by atoms with Crippen molar-refractivity contribution in [2.75, 3.05) is 0 Å². The molecule has 0 saturated carbocycles. The van der Waals surface area contributed by atoms with E-state index >= 15 is 0 Å². The van der Waals surface area contributed by atoms with Crippen molar-refractivity contribution in [2.45, 2.75) is 26.9 Å². The Hall–Kier alpha value is -2.37. The molecule has 2 rings (SSSR count). The number of hydrogen-bond acceptors (Lipinski definition) is 3. The summed E-state index contributed by atoms with van der Waals surface area (Å²) in [4.78, 5) is 11.7. The molecule has 0 radical (unpaired) electrons. The summed E-state index contributed by atoms with van der Waals surface area (Å²) in [5.74, 6) is -0.127. The van der Waals surface area contributed by atoms with Crippen molar-refractivity contribution in [1.29, 1.82) is 0 Å². The van der Waals surface area contributed by atoms with Crippen LogP contribution in [0.2, 0.25) is 0 Å². The summed E-state index contributed by atoms with van der Waals surface area (Å²) in [5, 5.41) is 11.1. The highest BCUT2D eigenvalue weighted by atomic mass is 16.1. The lowest BCUT2D eigenvalue weighted by Gasteiger charge is -2.03. The van der Waals surface area contributed by atoms with Gasteiger partial charge in [-0.05, 0) is 19.9 Å². The molecule has 0 atom stereocenters. The highest BCUT2D eigenvalue weighted by Gasteiger charge is 2.05. The number of nitrogens with one attached hydrogen (secondary N) is 1. The Bertz CT molecular complexity index is 623. The SMILES string of the molecule is CCn1ncc(CNC(=O)/C=C/c2cnn(C)c2)c1C. The van der Waals surface area contributed by atoms with Crippen LogP contribution in [0.25, 0.3) is 6.08 Å². The number of carbonyl (C=O) groups is 1. The Balaban J connectivity index is 1.89. The van der Waals surface area contributed by atoms with E-state index in [1.807, 2.05) is 31.8 Å². The lowest BCUT2D eigenvalue weighted by Crippen LogP contribution is -2.20. The topological polar surface area (TPSA) is 64.7 Å². The fourth-order valence-electron chi connectivity index (χ4n) is 1.92. The number of aryl methyl sites for hydroxylation is 2. The van der Waals surface area contributed by atoms with E-state index in [9.17, 15) is 4.79 Å². The molecule has 0 unspecified atom stereocenters. The molecule has 1 amide bonds. The molecular formula is C14H19N5O. The van der Waals surface area contributed by atoms with Gasteiger partial charge >= 0.3 is 0 Å². The molecule has 0 aromatic carbocycles. The molecule has 0 spiro atoms. The van der Waals surface area contributed by atoms with Gasteiger partial charge in [-0.3, -0.25) is 14.2 Å². The van der Waals surface area contributed by atoms with Crippen molar-refractivity contribution in [1.82, 2.24) is 24.9 Å². The molecule has 20 heavy (non-hydrogen) atoms. The normalized spacial score (nSPS) is 11.2. The van der Waals surface area contributed by atoms with Crippen LogP contribution in [0.15, 0.2) is 24.7 Å². The smallest absolute Gasteiger partial charge is 0.244 e. The van der Waals surface area contributed by atoms with Crippen LogP contribution >= 0.6 is 0 Å². The first-order valence-electron chi connectivity index (χ1n) is 6.56. The second-order valence-corrected chi connectivity index (χ2v) is 4.57. The molecule has 0 aliphatic heterocycles. The van der Waals surface area contributed by atoms with Gasteiger partial charge in [0.05, 0.1) is 12.4 Å². The van der Waals surface area contributed by atoms with E-state index < -0.39 is 0 Å². The summed E-state index contributed by atoms with van der Waals surface area (Å²) < 4.78 is 3.60. The van der Waals surface area contributed by atoms with E-state index in [1.54, 1.807) is 23.2 Å². The molecule has 0 saturated heterocycles. The van der Waals surface area contributed by atoms with Crippen molar-refractivity contribution in [2.24, 2.45) is 7.05 Å². The van der Waals surface area contributed by atoms with Gasteiger partial charge in [-0.2, -0.15) is 10.2 Å². The highest BCUT2D eigenvalue weighted by molar-refractivity contribution is 5.91. The maximum atomic E-state index is 11.7. The highest BCUT2D eigenvalue weighted by Crippen LogP contribution is 2.06. The molecule has 2 heterocycles. The van der Waals surface area contributed by atoms with Gasteiger partial charge < -0.3 is 5.32 Å². The van der Waals surface area contributed by atoms with Gasteiger partial charge in [0, 0.05) is 49.2 Å². The summed E-state index contributed by atoms with van der Waals surface area (Å²) in [7, 11) is 1.84. The first-order valence-corrected chi connectivity index (χ1v) is 6.56. The largest absolute Gasteiger partial charge is 0.348 e. The van der Waals surface area contributed by atoms with E-state index in [2.05, 4.69) is 15.5 Å². The lowest BCUT2D eigenvalue weighted by molar-refractivity contribution is -0.116. The van der Waals surface area contributed by atoms with Crippen molar-refractivity contribution < 1.29 is 4.79 Å². The van der Waals surface area contributed by atoms with Crippen LogP contribution in [0.1, 0.15) is 23.7 Å². The molecule has 106 valence electrons. The van der Waals surface area contributed by atoms with Gasteiger partial charge in [-0.15, -0.1) is 0 Å². The van der Waals surface area contributed by atoms with E-state index in [-0.39, 0.29) is 5.91 Å². The molecule has 0 fully saturated rings. The van der Waals surface area contributed by atoms with Crippen LogP contribution in [-0.2, 0) is 24.9 Å². The molecule has 1 N–H and O–H groups in total. The van der Waals surface area contributed by atoms with Gasteiger partial charge in [0.1, 0.15) is 0 Å². The van der Waals surface area contributed by atoms with Crippen LogP contribution in [0.4, 0.5) is 0 Å². The number of rotatable bonds is 5. The molecule has 2 aromatic rings. The molecule has 6 nitrogen and oxygen atoms in total. The van der Waals surface area contributed by atoms with Gasteiger partial charge in [0.15, 0.2) is 0 Å². The summed E-state index contributed by atoms with van der Waals surface area (Å²) in [6.45, 7) is 5.37. The molecule has 0 aliphatic rings. The quantitative estimate of drug-likeness (QED) is 0.834. The zero-order valence-electron chi connectivity index (χ0n) is 12.0. The minimum atomic E-state index is -0.127. The second-order valence-electron chi connectivity index (χ2n) is 4.57. The van der Waals surface area contributed by atoms with E-state index in [0.717, 1.165) is 23.4 Å². The monoisotopic (exact) mass is 273 g/mol. The Morgan fingerprint density at radius 1 is 1.40 bits per heavy atom. The number of carbonyl (C=O) groups excluding carboxylic acids is 1. The molecular weight excluding hydrogens is 254 g/mol. The Labute approximate surface area is 118 Å². The van der Waals surface area contributed by atoms with Gasteiger partial charge in [-0.1, -0.05) is 0 Å². The number of aromatic nitrogens is 4. The zero-order chi connectivity index (χ0) is 14.5. The van der Waals surface area contributed by atoms with Crippen molar-refractivity contribution in [3.05, 3.63) is 41.5 Å². The van der Waals surface area contributed by atoms with Crippen LogP contribution in [0.5, 0.6) is 0 Å². The number of amides is 1. The maximum Gasteiger partial charge on any atom is 0.244 e. The zero-order valence-corrected chi connectivity index (χ0v) is 12.0. The van der Waals surface area contributed by atoms with Gasteiger partial charge in [0.2, 0.25) is 5.91 Å². The maximum absolute atomic E-state index is 11.7. The third-order valence-electron chi connectivity index (χ3n) is 3.11. The first kappa shape index (κ1) is 14.0. The Morgan fingerprint density at radius 2 is 2.20 bits per heavy atom. The standard InChI is InChI=1S/C14H19N5O/c1-4-19-11(2)13(9-17-19)8-15-14(20)6-5-12-7-16-18(3)10-12/h5-7,9-10H,4,8H2,1-3H3,(H,15,20)/b6-5+. The fourth-order valence-corrected chi connectivity index (χ4v) is 1.92. The van der Waals surface area contributed by atoms with Gasteiger partial charge in [-0.25, -0.2) is 0 Å². The minimum Gasteiger partial charge on any atom is -0.348 e. The predicted molar refractivity (Wildman–Crippen MR) is 76.7 cm³/mol. The van der Waals surface area contributed by atoms with Crippen molar-refractivity contribution in [3.63, 3.8) is 0 Å². The van der Waals surface area contributed by atoms with E-state index in [1.165, 1.54) is 6.08 Å². The predicted octanol–water partition coefficient (Wildman–Crippen LogP) is 1.27. The fraction of sp³-hybridized carbons (Fsp3) is 0.357. The average molecular weight is 273 g/mol. The molecule has 6 heteroatoms. The van der Waals surface area contributed by atoms with Crippen LogP contribution in [0.3, 0.4) is 0 Å². The average Bonchev–Trinajstić information content (AvgIpc) is 3.00. The summed E-state index contributed by atoms with van der Waals surface area (Å²) in [6, 6.07) is 0. The Kier molecular flexibility index (Phi) is 4.34. The molecule has 0 aliphatic carbocycles. The van der Waals surface area contributed by atoms with Crippen LogP contribution < -0.4 is 5.32 Å². The second kappa shape index (κ2) is 6.18. The van der Waals surface area contributed by atoms with Crippen LogP contribution in [-0.4, -0.2) is 25.5 Å². The minimum absolute atomic E-state index is 0.127. The van der Waals surface area contributed by atoms with Gasteiger partial charge in [0.25, 0.3) is 0 Å². The van der Waals surface area contributed by atoms with Crippen molar-refractivity contribution >= 4 is 12.0 Å². The molecule has 0 bridgehead atoms. The summed E-state index contributed by atoms with van der Waals surface area (Å²) in [6.07, 6.45) is 8.60. The third kappa shape index (κ3) is 3.34. The molecule has 2 aromatic heterocycles. The summed E-state index contributed by atoms with van der Waals surface area (Å²) >= 11 is 0. The number of nitrogens with zero attached hydrogens (tertiary/aromatic N) is 4. The van der Waals surface area contributed by atoms with E-state index in [0.29, 0.717) is 6.54 Å². The lowest BCUT2D eigenvalue weighted by atomic mass is 10.2. The van der Waals surface area contributed by atoms with E-state index in [4.69, 9.17) is 0 Å². The van der Waals surface area contributed by atoms with Crippen LogP contribution in [0, 0.1) is 6.92 Å².